The fourth-order valence-corrected chi connectivity index (χ4v) is 2.00. The number of H-pyrrole nitrogens is 1. The number of methoxy groups -OCH3 is 1. The maximum Gasteiger partial charge on any atom is 0.341 e. The molecule has 0 aliphatic rings. The number of benzene rings is 1. The highest BCUT2D eigenvalue weighted by Crippen LogP contribution is 2.22. The van der Waals surface area contributed by atoms with Crippen molar-refractivity contribution in [2.45, 2.75) is 6.92 Å². The minimum Gasteiger partial charge on any atom is -0.497 e. The first-order valence-corrected chi connectivity index (χ1v) is 5.94. The lowest BCUT2D eigenvalue weighted by Crippen LogP contribution is -2.06. The normalized spacial score (nSPS) is 10.3. The summed E-state index contributed by atoms with van der Waals surface area (Å²) >= 11 is 5.32. The van der Waals surface area contributed by atoms with E-state index in [0.29, 0.717) is 22.4 Å². The Kier molecular flexibility index (Phi) is 3.62. The first kappa shape index (κ1) is 12.6. The van der Waals surface area contributed by atoms with Crippen molar-refractivity contribution in [1.82, 2.24) is 4.98 Å². The first-order chi connectivity index (χ1) is 8.67. The predicted octanol–water partition coefficient (Wildman–Crippen LogP) is 3.08. The lowest BCUT2D eigenvalue weighted by atomic mass is 10.1. The van der Waals surface area contributed by atoms with Crippen molar-refractivity contribution in [3.05, 3.63) is 34.5 Å². The van der Waals surface area contributed by atoms with E-state index in [-0.39, 0.29) is 0 Å². The van der Waals surface area contributed by atoms with Crippen LogP contribution >= 0.6 is 12.2 Å². The van der Waals surface area contributed by atoms with Crippen LogP contribution in [0.4, 0.5) is 0 Å². The van der Waals surface area contributed by atoms with E-state index in [9.17, 15) is 4.79 Å². The number of hydrogen-bond donors (Lipinski definition) is 1. The van der Waals surface area contributed by atoms with Gasteiger partial charge in [-0.05, 0) is 25.1 Å². The number of esters is 1. The van der Waals surface area contributed by atoms with Crippen LogP contribution in [0.5, 0.6) is 5.75 Å². The van der Waals surface area contributed by atoms with Gasteiger partial charge in [0.25, 0.3) is 0 Å². The molecule has 0 radical (unpaired) electrons. The maximum absolute atomic E-state index is 11.7. The predicted molar refractivity (Wildman–Crippen MR) is 71.6 cm³/mol. The Morgan fingerprint density at radius 2 is 2.22 bits per heavy atom. The molecule has 0 aliphatic carbocycles. The third-order valence-corrected chi connectivity index (χ3v) is 3.02. The average Bonchev–Trinajstić information content (AvgIpc) is 2.39. The van der Waals surface area contributed by atoms with Gasteiger partial charge in [0.15, 0.2) is 0 Å². The highest BCUT2D eigenvalue weighted by molar-refractivity contribution is 7.71. The zero-order valence-electron chi connectivity index (χ0n) is 10.1. The number of carbonyl (C=O) groups is 1. The van der Waals surface area contributed by atoms with Gasteiger partial charge in [-0.2, -0.15) is 0 Å². The molecule has 0 unspecified atom stereocenters. The second-order valence-corrected chi connectivity index (χ2v) is 4.07. The maximum atomic E-state index is 11.7. The number of hydrogen-bond acceptors (Lipinski definition) is 4. The lowest BCUT2D eigenvalue weighted by Gasteiger charge is -2.06. The molecule has 1 aromatic carbocycles. The fourth-order valence-electron chi connectivity index (χ4n) is 1.69. The lowest BCUT2D eigenvalue weighted by molar-refractivity contribution is 0.0525. The first-order valence-electron chi connectivity index (χ1n) is 5.54. The zero-order chi connectivity index (χ0) is 13.1. The van der Waals surface area contributed by atoms with Crippen molar-refractivity contribution in [3.63, 3.8) is 0 Å². The molecule has 2 aromatic rings. The Labute approximate surface area is 110 Å². The molecule has 4 nitrogen and oxygen atoms in total. The molecule has 0 saturated carbocycles. The quantitative estimate of drug-likeness (QED) is 0.683. The van der Waals surface area contributed by atoms with Gasteiger partial charge < -0.3 is 14.5 Å². The summed E-state index contributed by atoms with van der Waals surface area (Å²) in [5, 5.41) is 0.773. The molecule has 0 amide bonds. The second-order valence-electron chi connectivity index (χ2n) is 3.66. The van der Waals surface area contributed by atoms with E-state index in [2.05, 4.69) is 4.98 Å². The minimum atomic E-state index is -0.413. The number of fused-ring (bicyclic) bond motifs is 1. The summed E-state index contributed by atoms with van der Waals surface area (Å²) in [4.78, 5) is 14.8. The van der Waals surface area contributed by atoms with Crippen molar-refractivity contribution >= 4 is 29.1 Å². The average molecular weight is 263 g/mol. The number of pyridine rings is 1. The number of aromatic nitrogens is 1. The van der Waals surface area contributed by atoms with E-state index in [0.717, 1.165) is 10.9 Å². The topological polar surface area (TPSA) is 51.3 Å². The van der Waals surface area contributed by atoms with E-state index in [4.69, 9.17) is 21.7 Å². The highest BCUT2D eigenvalue weighted by atomic mass is 32.1. The minimum absolute atomic E-state index is 0.323. The summed E-state index contributed by atoms with van der Waals surface area (Å²) in [6, 6.07) is 5.49. The van der Waals surface area contributed by atoms with Crippen LogP contribution in [0, 0.1) is 4.51 Å². The van der Waals surface area contributed by atoms with Gasteiger partial charge in [0, 0.05) is 17.1 Å². The molecule has 1 heterocycles. The second kappa shape index (κ2) is 5.18. The van der Waals surface area contributed by atoms with Crippen LogP contribution in [0.3, 0.4) is 0 Å². The van der Waals surface area contributed by atoms with E-state index in [1.165, 1.54) is 0 Å². The Morgan fingerprint density at radius 1 is 1.44 bits per heavy atom. The summed E-state index contributed by atoms with van der Waals surface area (Å²) in [6.07, 6.45) is 1.58. The molecule has 1 N–H and O–H groups in total. The van der Waals surface area contributed by atoms with Gasteiger partial charge in [0.1, 0.15) is 5.75 Å². The van der Waals surface area contributed by atoms with Crippen LogP contribution in [-0.2, 0) is 4.74 Å². The third kappa shape index (κ3) is 2.22. The zero-order valence-corrected chi connectivity index (χ0v) is 11.0. The third-order valence-electron chi connectivity index (χ3n) is 2.58. The van der Waals surface area contributed by atoms with Crippen LogP contribution in [0.1, 0.15) is 17.3 Å². The van der Waals surface area contributed by atoms with Crippen molar-refractivity contribution in [2.75, 3.05) is 13.7 Å². The molecule has 0 fully saturated rings. The number of nitrogens with one attached hydrogen (secondary N) is 1. The summed E-state index contributed by atoms with van der Waals surface area (Å²) in [5.74, 6) is 0.284. The smallest absolute Gasteiger partial charge is 0.341 e. The van der Waals surface area contributed by atoms with Crippen LogP contribution in [-0.4, -0.2) is 24.7 Å². The van der Waals surface area contributed by atoms with Gasteiger partial charge in [0.05, 0.1) is 23.8 Å². The largest absolute Gasteiger partial charge is 0.497 e. The molecule has 18 heavy (non-hydrogen) atoms. The number of ether oxygens (including phenoxy) is 2. The molecule has 2 rings (SSSR count). The molecule has 0 aliphatic heterocycles. The summed E-state index contributed by atoms with van der Waals surface area (Å²) < 4.78 is 10.6. The van der Waals surface area contributed by atoms with Crippen LogP contribution in [0.25, 0.3) is 10.9 Å². The molecule has 0 saturated heterocycles. The van der Waals surface area contributed by atoms with Crippen LogP contribution in [0.2, 0.25) is 0 Å². The summed E-state index contributed by atoms with van der Waals surface area (Å²) in [5.41, 5.74) is 1.22. The van der Waals surface area contributed by atoms with E-state index >= 15 is 0 Å². The standard InChI is InChI=1S/C13H13NO3S/c1-3-17-13(15)10-7-14-11-5-4-8(16-2)6-9(11)12(10)18/h4-7H,3H2,1-2H3,(H,14,18). The highest BCUT2D eigenvalue weighted by Gasteiger charge is 2.11. The molecule has 1 aromatic heterocycles. The van der Waals surface area contributed by atoms with Crippen molar-refractivity contribution in [3.8, 4) is 5.75 Å². The van der Waals surface area contributed by atoms with Crippen molar-refractivity contribution in [2.24, 2.45) is 0 Å². The summed E-state index contributed by atoms with van der Waals surface area (Å²) in [6.45, 7) is 2.08. The van der Waals surface area contributed by atoms with Crippen molar-refractivity contribution in [1.29, 1.82) is 0 Å². The van der Waals surface area contributed by atoms with Gasteiger partial charge in [0.2, 0.25) is 0 Å². The molecular weight excluding hydrogens is 250 g/mol. The van der Waals surface area contributed by atoms with E-state index in [1.54, 1.807) is 26.3 Å². The molecule has 0 spiro atoms. The molecule has 0 atom stereocenters. The van der Waals surface area contributed by atoms with Gasteiger partial charge in [-0.15, -0.1) is 0 Å². The van der Waals surface area contributed by atoms with Gasteiger partial charge in [-0.1, -0.05) is 12.2 Å². The van der Waals surface area contributed by atoms with Crippen LogP contribution < -0.4 is 4.74 Å². The Bertz CT molecular complexity index is 648. The molecule has 5 heteroatoms. The van der Waals surface area contributed by atoms with Crippen LogP contribution in [0.15, 0.2) is 24.4 Å². The van der Waals surface area contributed by atoms with Gasteiger partial charge in [-0.3, -0.25) is 0 Å². The Hall–Kier alpha value is -1.88. The van der Waals surface area contributed by atoms with Crippen molar-refractivity contribution < 1.29 is 14.3 Å². The van der Waals surface area contributed by atoms with Gasteiger partial charge >= 0.3 is 5.97 Å². The number of aromatic amines is 1. The fraction of sp³-hybridized carbons (Fsp3) is 0.231. The number of carbonyl (C=O) groups excluding carboxylic acids is 1. The molecular formula is C13H13NO3S. The van der Waals surface area contributed by atoms with E-state index < -0.39 is 5.97 Å². The van der Waals surface area contributed by atoms with Gasteiger partial charge in [-0.25, -0.2) is 4.79 Å². The van der Waals surface area contributed by atoms with E-state index in [1.807, 2.05) is 12.1 Å². The molecule has 94 valence electrons. The monoisotopic (exact) mass is 263 g/mol. The Morgan fingerprint density at radius 3 is 2.89 bits per heavy atom. The number of rotatable bonds is 3. The molecule has 0 bridgehead atoms. The Balaban J connectivity index is 2.62. The summed E-state index contributed by atoms with van der Waals surface area (Å²) in [7, 11) is 1.59. The SMILES string of the molecule is CCOC(=O)c1c[nH]c2ccc(OC)cc2c1=S.